The molecule has 1 amide bonds. The van der Waals surface area contributed by atoms with Gasteiger partial charge in [-0.3, -0.25) is 9.52 Å². The van der Waals surface area contributed by atoms with Gasteiger partial charge in [0.05, 0.1) is 32.8 Å². The van der Waals surface area contributed by atoms with Crippen LogP contribution in [0.25, 0.3) is 11.0 Å². The van der Waals surface area contributed by atoms with Crippen molar-refractivity contribution in [1.29, 1.82) is 0 Å². The van der Waals surface area contributed by atoms with Crippen molar-refractivity contribution < 1.29 is 17.9 Å². The van der Waals surface area contributed by atoms with Crippen LogP contribution in [0.15, 0.2) is 47.4 Å². The number of aromatic nitrogens is 2. The van der Waals surface area contributed by atoms with E-state index in [-0.39, 0.29) is 22.4 Å². The second-order valence-electron chi connectivity index (χ2n) is 8.98. The van der Waals surface area contributed by atoms with E-state index < -0.39 is 10.0 Å². The summed E-state index contributed by atoms with van der Waals surface area (Å²) in [5, 5.41) is 3.13. The molecule has 1 aliphatic rings. The number of anilines is 1. The predicted octanol–water partition coefficient (Wildman–Crippen LogP) is 3.85. The lowest BCUT2D eigenvalue weighted by Crippen LogP contribution is -2.45. The van der Waals surface area contributed by atoms with Gasteiger partial charge in [0.2, 0.25) is 0 Å². The number of nitrogens with one attached hydrogen (secondary N) is 2. The lowest BCUT2D eigenvalue weighted by atomic mass is 9.93. The van der Waals surface area contributed by atoms with Crippen LogP contribution in [-0.2, 0) is 21.3 Å². The van der Waals surface area contributed by atoms with Crippen molar-refractivity contribution in [2.24, 2.45) is 0 Å². The number of nitrogens with zero attached hydrogens (tertiary/aromatic N) is 2. The Morgan fingerprint density at radius 1 is 1.24 bits per heavy atom. The highest BCUT2D eigenvalue weighted by molar-refractivity contribution is 7.92. The summed E-state index contributed by atoms with van der Waals surface area (Å²) in [5.74, 6) is 0.509. The topological polar surface area (TPSA) is 102 Å². The molecule has 1 fully saturated rings. The molecule has 4 rings (SSSR count). The van der Waals surface area contributed by atoms with Gasteiger partial charge in [-0.05, 0) is 64.8 Å². The number of sulfonamides is 1. The smallest absolute Gasteiger partial charge is 0.261 e. The fourth-order valence-electron chi connectivity index (χ4n) is 4.44. The quantitative estimate of drug-likeness (QED) is 0.570. The maximum absolute atomic E-state index is 13.4. The number of carbonyl (C=O) groups is 1. The van der Waals surface area contributed by atoms with E-state index in [2.05, 4.69) is 15.0 Å². The molecule has 2 aromatic carbocycles. The Kier molecular flexibility index (Phi) is 6.20. The molecule has 0 saturated carbocycles. The minimum Gasteiger partial charge on any atom is -0.375 e. The molecule has 2 N–H and O–H groups in total. The zero-order valence-electron chi connectivity index (χ0n) is 19.4. The summed E-state index contributed by atoms with van der Waals surface area (Å²) in [6.45, 7) is 9.11. The van der Waals surface area contributed by atoms with Crippen LogP contribution in [-0.4, -0.2) is 42.1 Å². The lowest BCUT2D eigenvalue weighted by molar-refractivity contribution is -0.0615. The van der Waals surface area contributed by atoms with Gasteiger partial charge >= 0.3 is 0 Å². The van der Waals surface area contributed by atoms with Gasteiger partial charge in [0.15, 0.2) is 0 Å². The first-order valence-corrected chi connectivity index (χ1v) is 12.6. The van der Waals surface area contributed by atoms with E-state index in [4.69, 9.17) is 4.74 Å². The fraction of sp³-hybridized carbons (Fsp3) is 0.417. The molecular formula is C24H30N4O4S. The second-order valence-corrected chi connectivity index (χ2v) is 10.7. The molecule has 176 valence electrons. The normalized spacial score (nSPS) is 18.2. The number of amides is 1. The summed E-state index contributed by atoms with van der Waals surface area (Å²) < 4.78 is 36.1. The van der Waals surface area contributed by atoms with Gasteiger partial charge in [-0.15, -0.1) is 0 Å². The van der Waals surface area contributed by atoms with Gasteiger partial charge in [-0.1, -0.05) is 18.2 Å². The summed E-state index contributed by atoms with van der Waals surface area (Å²) in [7, 11) is -3.81. The molecule has 8 nitrogen and oxygen atoms in total. The van der Waals surface area contributed by atoms with Crippen LogP contribution in [0.1, 0.15) is 49.8 Å². The molecule has 0 unspecified atom stereocenters. The zero-order valence-corrected chi connectivity index (χ0v) is 20.2. The number of hydrogen-bond acceptors (Lipinski definition) is 5. The summed E-state index contributed by atoms with van der Waals surface area (Å²) in [5.41, 5.74) is 1.65. The largest absolute Gasteiger partial charge is 0.375 e. The molecule has 0 aliphatic carbocycles. The monoisotopic (exact) mass is 470 g/mol. The third-order valence-electron chi connectivity index (χ3n) is 5.93. The summed E-state index contributed by atoms with van der Waals surface area (Å²) in [6, 6.07) is 11.4. The highest BCUT2D eigenvalue weighted by Gasteiger charge is 2.30. The van der Waals surface area contributed by atoms with Gasteiger partial charge < -0.3 is 14.6 Å². The third kappa shape index (κ3) is 4.89. The number of ether oxygens (including phenoxy) is 1. The molecule has 0 bridgehead atoms. The molecule has 1 saturated heterocycles. The van der Waals surface area contributed by atoms with Crippen molar-refractivity contribution in [3.05, 3.63) is 53.9 Å². The number of hydrogen-bond donors (Lipinski definition) is 2. The predicted molar refractivity (Wildman–Crippen MR) is 128 cm³/mol. The molecule has 0 spiro atoms. The van der Waals surface area contributed by atoms with Crippen LogP contribution in [0.5, 0.6) is 0 Å². The number of imidazole rings is 1. The Balaban J connectivity index is 1.73. The van der Waals surface area contributed by atoms with Crippen LogP contribution in [0.3, 0.4) is 0 Å². The molecule has 1 aliphatic heterocycles. The Hall–Kier alpha value is -2.91. The average molecular weight is 471 g/mol. The lowest BCUT2D eigenvalue weighted by Gasteiger charge is -2.35. The molecule has 9 heteroatoms. The Bertz CT molecular complexity index is 1280. The number of aryl methyl sites for hydroxylation is 2. The first kappa shape index (κ1) is 23.3. The first-order valence-electron chi connectivity index (χ1n) is 11.1. The molecule has 33 heavy (non-hydrogen) atoms. The van der Waals surface area contributed by atoms with Gasteiger partial charge in [-0.25, -0.2) is 13.4 Å². The van der Waals surface area contributed by atoms with Crippen molar-refractivity contribution in [2.45, 2.75) is 63.6 Å². The van der Waals surface area contributed by atoms with Crippen molar-refractivity contribution >= 4 is 32.7 Å². The zero-order chi connectivity index (χ0) is 23.8. The van der Waals surface area contributed by atoms with Crippen molar-refractivity contribution in [3.8, 4) is 0 Å². The molecule has 1 atom stereocenters. The summed E-state index contributed by atoms with van der Waals surface area (Å²) >= 11 is 0. The Labute approximate surface area is 194 Å². The van der Waals surface area contributed by atoms with Crippen LogP contribution in [0, 0.1) is 6.92 Å². The third-order valence-corrected chi connectivity index (χ3v) is 7.33. The SMILES string of the molecule is CCn1c(C)nc2cc(NS(=O)(=O)c3ccccc3)cc(C(=O)N[C@H]3CCOC(C)(C)C3)c21. The van der Waals surface area contributed by atoms with Gasteiger partial charge in [0.1, 0.15) is 5.82 Å². The highest BCUT2D eigenvalue weighted by Crippen LogP contribution is 2.28. The highest BCUT2D eigenvalue weighted by atomic mass is 32.2. The van der Waals surface area contributed by atoms with E-state index in [1.54, 1.807) is 30.3 Å². The van der Waals surface area contributed by atoms with E-state index in [1.807, 2.05) is 32.3 Å². The van der Waals surface area contributed by atoms with E-state index in [9.17, 15) is 13.2 Å². The standard InChI is InChI=1S/C24H30N4O4S/c1-5-28-16(2)25-21-14-18(27-33(30,31)19-9-7-6-8-10-19)13-20(22(21)28)23(29)26-17-11-12-32-24(3,4)15-17/h6-10,13-14,17,27H,5,11-12,15H2,1-4H3,(H,26,29)/t17-/m0/s1. The van der Waals surface area contributed by atoms with E-state index in [0.29, 0.717) is 41.9 Å². The van der Waals surface area contributed by atoms with Crippen LogP contribution in [0.2, 0.25) is 0 Å². The summed E-state index contributed by atoms with van der Waals surface area (Å²) in [4.78, 5) is 18.2. The number of benzene rings is 2. The van der Waals surface area contributed by atoms with Gasteiger partial charge in [0.25, 0.3) is 15.9 Å². The van der Waals surface area contributed by atoms with Crippen molar-refractivity contribution in [3.63, 3.8) is 0 Å². The number of carbonyl (C=O) groups excluding carboxylic acids is 1. The average Bonchev–Trinajstić information content (AvgIpc) is 3.07. The van der Waals surface area contributed by atoms with E-state index in [0.717, 1.165) is 12.2 Å². The first-order chi connectivity index (χ1) is 15.6. The maximum Gasteiger partial charge on any atom is 0.261 e. The molecular weight excluding hydrogens is 440 g/mol. The number of rotatable bonds is 6. The molecule has 3 aromatic rings. The summed E-state index contributed by atoms with van der Waals surface area (Å²) in [6.07, 6.45) is 1.43. The maximum atomic E-state index is 13.4. The molecule has 0 radical (unpaired) electrons. The minimum atomic E-state index is -3.81. The van der Waals surface area contributed by atoms with Crippen molar-refractivity contribution in [1.82, 2.24) is 14.9 Å². The van der Waals surface area contributed by atoms with E-state index >= 15 is 0 Å². The van der Waals surface area contributed by atoms with Crippen LogP contribution < -0.4 is 10.0 Å². The van der Waals surface area contributed by atoms with Gasteiger partial charge in [-0.2, -0.15) is 0 Å². The Morgan fingerprint density at radius 3 is 2.64 bits per heavy atom. The molecule has 2 heterocycles. The van der Waals surface area contributed by atoms with Crippen LogP contribution >= 0.6 is 0 Å². The van der Waals surface area contributed by atoms with Crippen LogP contribution in [0.4, 0.5) is 5.69 Å². The minimum absolute atomic E-state index is 0.0277. The number of fused-ring (bicyclic) bond motifs is 1. The molecule has 1 aromatic heterocycles. The second kappa shape index (κ2) is 8.79. The van der Waals surface area contributed by atoms with Gasteiger partial charge in [0, 0.05) is 19.2 Å². The Morgan fingerprint density at radius 2 is 1.97 bits per heavy atom. The van der Waals surface area contributed by atoms with Crippen molar-refractivity contribution in [2.75, 3.05) is 11.3 Å². The fourth-order valence-corrected chi connectivity index (χ4v) is 5.50. The van der Waals surface area contributed by atoms with E-state index in [1.165, 1.54) is 12.1 Å².